The molecular weight excluding hydrogens is 299 g/mol. The summed E-state index contributed by atoms with van der Waals surface area (Å²) in [7, 11) is 1.68. The smallest absolute Gasteiger partial charge is 0.259 e. The van der Waals surface area contributed by atoms with Gasteiger partial charge in [-0.05, 0) is 43.3 Å². The molecule has 1 amide bonds. The lowest BCUT2D eigenvalue weighted by molar-refractivity contribution is 0.0768. The van der Waals surface area contributed by atoms with Crippen molar-refractivity contribution in [1.82, 2.24) is 9.88 Å². The van der Waals surface area contributed by atoms with E-state index in [9.17, 15) is 9.18 Å². The summed E-state index contributed by atoms with van der Waals surface area (Å²) in [5.41, 5.74) is 0.415. The summed E-state index contributed by atoms with van der Waals surface area (Å²) in [6, 6.07) is 9.12. The van der Waals surface area contributed by atoms with Gasteiger partial charge in [0, 0.05) is 13.2 Å². The largest absolute Gasteiger partial charge is 0.492 e. The molecule has 0 aliphatic heterocycles. The minimum atomic E-state index is -0.315. The van der Waals surface area contributed by atoms with E-state index in [4.69, 9.17) is 9.47 Å². The molecule has 0 aliphatic carbocycles. The first-order chi connectivity index (χ1) is 11.1. The maximum absolute atomic E-state index is 12.8. The Morgan fingerprint density at radius 3 is 2.65 bits per heavy atom. The molecule has 0 aliphatic rings. The predicted molar refractivity (Wildman–Crippen MR) is 84.3 cm³/mol. The van der Waals surface area contributed by atoms with Crippen LogP contribution in [0.2, 0.25) is 0 Å². The SMILES string of the molecule is CCOc1ncccc1C(=O)N(C)CCOc1ccc(F)cc1. The highest BCUT2D eigenvalue weighted by molar-refractivity contribution is 5.96. The number of ether oxygens (including phenoxy) is 2. The fraction of sp³-hybridized carbons (Fsp3) is 0.294. The fourth-order valence-corrected chi connectivity index (χ4v) is 1.94. The second-order valence-corrected chi connectivity index (χ2v) is 4.82. The molecule has 0 fully saturated rings. The monoisotopic (exact) mass is 318 g/mol. The Morgan fingerprint density at radius 2 is 1.96 bits per heavy atom. The molecule has 1 aromatic carbocycles. The van der Waals surface area contributed by atoms with Crippen LogP contribution in [0.25, 0.3) is 0 Å². The molecule has 0 saturated heterocycles. The predicted octanol–water partition coefficient (Wildman–Crippen LogP) is 2.77. The van der Waals surface area contributed by atoms with Crippen LogP contribution in [0, 0.1) is 5.82 Å². The van der Waals surface area contributed by atoms with Gasteiger partial charge >= 0.3 is 0 Å². The lowest BCUT2D eigenvalue weighted by Crippen LogP contribution is -2.31. The van der Waals surface area contributed by atoms with Crippen molar-refractivity contribution in [3.8, 4) is 11.6 Å². The number of rotatable bonds is 7. The van der Waals surface area contributed by atoms with E-state index in [0.717, 1.165) is 0 Å². The highest BCUT2D eigenvalue weighted by atomic mass is 19.1. The first-order valence-corrected chi connectivity index (χ1v) is 7.33. The highest BCUT2D eigenvalue weighted by Gasteiger charge is 2.17. The molecule has 0 spiro atoms. The van der Waals surface area contributed by atoms with Crippen molar-refractivity contribution in [3.05, 3.63) is 54.0 Å². The van der Waals surface area contributed by atoms with Gasteiger partial charge in [0.2, 0.25) is 5.88 Å². The molecule has 0 saturated carbocycles. The maximum Gasteiger partial charge on any atom is 0.259 e. The molecule has 122 valence electrons. The number of nitrogens with zero attached hydrogens (tertiary/aromatic N) is 2. The summed E-state index contributed by atoms with van der Waals surface area (Å²) in [4.78, 5) is 18.0. The molecule has 6 heteroatoms. The highest BCUT2D eigenvalue weighted by Crippen LogP contribution is 2.16. The normalized spacial score (nSPS) is 10.2. The number of carbonyl (C=O) groups excluding carboxylic acids is 1. The van der Waals surface area contributed by atoms with E-state index in [-0.39, 0.29) is 11.7 Å². The van der Waals surface area contributed by atoms with Gasteiger partial charge in [-0.3, -0.25) is 4.79 Å². The van der Waals surface area contributed by atoms with Crippen LogP contribution < -0.4 is 9.47 Å². The third kappa shape index (κ3) is 4.67. The number of pyridine rings is 1. The maximum atomic E-state index is 12.8. The number of halogens is 1. The number of benzene rings is 1. The zero-order valence-electron chi connectivity index (χ0n) is 13.2. The van der Waals surface area contributed by atoms with Crippen LogP contribution in [0.1, 0.15) is 17.3 Å². The van der Waals surface area contributed by atoms with E-state index >= 15 is 0 Å². The summed E-state index contributed by atoms with van der Waals surface area (Å²) in [6.45, 7) is 2.96. The molecule has 0 bridgehead atoms. The number of hydrogen-bond acceptors (Lipinski definition) is 4. The van der Waals surface area contributed by atoms with Crippen molar-refractivity contribution in [2.75, 3.05) is 26.8 Å². The molecular formula is C17H19FN2O3. The van der Waals surface area contributed by atoms with E-state index < -0.39 is 0 Å². The van der Waals surface area contributed by atoms with Gasteiger partial charge in [0.05, 0.1) is 13.2 Å². The Kier molecular flexibility index (Phi) is 5.91. The van der Waals surface area contributed by atoms with Crippen molar-refractivity contribution in [1.29, 1.82) is 0 Å². The Hall–Kier alpha value is -2.63. The lowest BCUT2D eigenvalue weighted by Gasteiger charge is -2.18. The molecule has 1 aromatic heterocycles. The average Bonchev–Trinajstić information content (AvgIpc) is 2.57. The van der Waals surface area contributed by atoms with Gasteiger partial charge in [-0.15, -0.1) is 0 Å². The van der Waals surface area contributed by atoms with Gasteiger partial charge in [-0.1, -0.05) is 0 Å². The first-order valence-electron chi connectivity index (χ1n) is 7.33. The molecule has 0 unspecified atom stereocenters. The van der Waals surface area contributed by atoms with Gasteiger partial charge in [0.15, 0.2) is 0 Å². The Labute approximate surface area is 134 Å². The van der Waals surface area contributed by atoms with Crippen LogP contribution in [0.4, 0.5) is 4.39 Å². The van der Waals surface area contributed by atoms with Gasteiger partial charge in [0.1, 0.15) is 23.7 Å². The topological polar surface area (TPSA) is 51.7 Å². The van der Waals surface area contributed by atoms with Crippen molar-refractivity contribution in [2.24, 2.45) is 0 Å². The van der Waals surface area contributed by atoms with Crippen LogP contribution in [0.3, 0.4) is 0 Å². The van der Waals surface area contributed by atoms with Gasteiger partial charge in [-0.2, -0.15) is 0 Å². The van der Waals surface area contributed by atoms with Crippen LogP contribution in [0.15, 0.2) is 42.6 Å². The van der Waals surface area contributed by atoms with Crippen molar-refractivity contribution < 1.29 is 18.7 Å². The zero-order valence-corrected chi connectivity index (χ0v) is 13.2. The Morgan fingerprint density at radius 1 is 1.22 bits per heavy atom. The summed E-state index contributed by atoms with van der Waals surface area (Å²) < 4.78 is 23.7. The number of aromatic nitrogens is 1. The molecule has 0 atom stereocenters. The van der Waals surface area contributed by atoms with Crippen molar-refractivity contribution in [3.63, 3.8) is 0 Å². The van der Waals surface area contributed by atoms with E-state index in [1.54, 1.807) is 37.5 Å². The average molecular weight is 318 g/mol. The minimum absolute atomic E-state index is 0.191. The number of hydrogen-bond donors (Lipinski definition) is 0. The van der Waals surface area contributed by atoms with E-state index in [1.165, 1.54) is 17.0 Å². The molecule has 1 heterocycles. The molecule has 2 rings (SSSR count). The molecule has 5 nitrogen and oxygen atoms in total. The molecule has 23 heavy (non-hydrogen) atoms. The van der Waals surface area contributed by atoms with Crippen LogP contribution in [-0.4, -0.2) is 42.6 Å². The van der Waals surface area contributed by atoms with Crippen LogP contribution in [-0.2, 0) is 0 Å². The second kappa shape index (κ2) is 8.12. The van der Waals surface area contributed by atoms with Crippen LogP contribution in [0.5, 0.6) is 11.6 Å². The van der Waals surface area contributed by atoms with Crippen molar-refractivity contribution in [2.45, 2.75) is 6.92 Å². The molecule has 0 radical (unpaired) electrons. The quantitative estimate of drug-likeness (QED) is 0.788. The second-order valence-electron chi connectivity index (χ2n) is 4.82. The summed E-state index contributed by atoms with van der Waals surface area (Å²) in [5, 5.41) is 0. The first kappa shape index (κ1) is 16.7. The van der Waals surface area contributed by atoms with E-state index in [0.29, 0.717) is 37.0 Å². The molecule has 2 aromatic rings. The Balaban J connectivity index is 1.91. The lowest BCUT2D eigenvalue weighted by atomic mass is 10.2. The van der Waals surface area contributed by atoms with Crippen molar-refractivity contribution >= 4 is 5.91 Å². The summed E-state index contributed by atoms with van der Waals surface area (Å²) in [6.07, 6.45) is 1.58. The standard InChI is InChI=1S/C17H19FN2O3/c1-3-22-16-15(5-4-10-19-16)17(21)20(2)11-12-23-14-8-6-13(18)7-9-14/h4-10H,3,11-12H2,1-2H3. The summed E-state index contributed by atoms with van der Waals surface area (Å²) >= 11 is 0. The van der Waals surface area contributed by atoms with Gasteiger partial charge < -0.3 is 14.4 Å². The van der Waals surface area contributed by atoms with Gasteiger partial charge in [-0.25, -0.2) is 9.37 Å². The van der Waals surface area contributed by atoms with E-state index in [1.807, 2.05) is 6.92 Å². The van der Waals surface area contributed by atoms with E-state index in [2.05, 4.69) is 4.98 Å². The third-order valence-corrected chi connectivity index (χ3v) is 3.14. The summed E-state index contributed by atoms with van der Waals surface area (Å²) in [5.74, 6) is 0.379. The van der Waals surface area contributed by atoms with Crippen LogP contribution >= 0.6 is 0 Å². The fourth-order valence-electron chi connectivity index (χ4n) is 1.94. The molecule has 0 N–H and O–H groups in total. The number of likely N-dealkylation sites (N-methyl/N-ethyl adjacent to an activating group) is 1. The number of carbonyl (C=O) groups is 1. The Bertz CT molecular complexity index is 647. The number of amides is 1. The third-order valence-electron chi connectivity index (χ3n) is 3.14. The zero-order chi connectivity index (χ0) is 16.7. The minimum Gasteiger partial charge on any atom is -0.492 e. The van der Waals surface area contributed by atoms with Gasteiger partial charge in [0.25, 0.3) is 5.91 Å².